The summed E-state index contributed by atoms with van der Waals surface area (Å²) in [6, 6.07) is 9.53. The molecule has 1 atom stereocenters. The number of benzene rings is 1. The van der Waals surface area contributed by atoms with Gasteiger partial charge in [-0.2, -0.15) is 4.72 Å². The molecule has 0 aliphatic heterocycles. The first-order chi connectivity index (χ1) is 11.9. The van der Waals surface area contributed by atoms with Crippen molar-refractivity contribution in [1.29, 1.82) is 0 Å². The number of aryl methyl sites for hydroxylation is 1. The molecule has 0 amide bonds. The van der Waals surface area contributed by atoms with Gasteiger partial charge in [0.25, 0.3) is 10.0 Å². The Balaban J connectivity index is 2.00. The number of aromatic nitrogens is 2. The molecule has 3 rings (SSSR count). The number of carboxylic acid groups (broad SMARTS) is 1. The Kier molecular flexibility index (Phi) is 4.71. The van der Waals surface area contributed by atoms with Crippen molar-refractivity contribution in [2.24, 2.45) is 7.05 Å². The number of nitrogens with one attached hydrogen (secondary N) is 1. The Morgan fingerprint density at radius 2 is 2.04 bits per heavy atom. The van der Waals surface area contributed by atoms with E-state index in [9.17, 15) is 13.2 Å². The van der Waals surface area contributed by atoms with Crippen LogP contribution in [0.25, 0.3) is 0 Å². The molecule has 2 N–H and O–H groups in total. The van der Waals surface area contributed by atoms with Gasteiger partial charge in [0.05, 0.1) is 5.56 Å². The van der Waals surface area contributed by atoms with Gasteiger partial charge in [0.1, 0.15) is 16.1 Å². The van der Waals surface area contributed by atoms with E-state index in [-0.39, 0.29) is 9.77 Å². The number of aromatic carboxylic acids is 1. The number of hydrogen-bond acceptors (Lipinski definition) is 5. The van der Waals surface area contributed by atoms with E-state index in [1.165, 1.54) is 5.38 Å². The summed E-state index contributed by atoms with van der Waals surface area (Å²) in [6.07, 6.45) is 3.32. The van der Waals surface area contributed by atoms with Gasteiger partial charge in [-0.3, -0.25) is 0 Å². The van der Waals surface area contributed by atoms with Crippen molar-refractivity contribution in [2.45, 2.75) is 10.3 Å². The molecule has 0 aliphatic carbocycles. The van der Waals surface area contributed by atoms with Crippen LogP contribution in [0.2, 0.25) is 0 Å². The van der Waals surface area contributed by atoms with Gasteiger partial charge in [-0.15, -0.1) is 11.3 Å². The van der Waals surface area contributed by atoms with Crippen molar-refractivity contribution in [3.05, 3.63) is 71.1 Å². The lowest BCUT2D eigenvalue weighted by Crippen LogP contribution is -2.30. The molecule has 9 heteroatoms. The van der Waals surface area contributed by atoms with Crippen molar-refractivity contribution in [2.75, 3.05) is 0 Å². The van der Waals surface area contributed by atoms with Gasteiger partial charge >= 0.3 is 5.97 Å². The number of nitrogens with zero attached hydrogens (tertiary/aromatic N) is 2. The fourth-order valence-corrected chi connectivity index (χ4v) is 4.71. The summed E-state index contributed by atoms with van der Waals surface area (Å²) in [5.74, 6) is -0.633. The van der Waals surface area contributed by atoms with Crippen LogP contribution in [0.4, 0.5) is 0 Å². The van der Waals surface area contributed by atoms with Crippen molar-refractivity contribution < 1.29 is 18.3 Å². The van der Waals surface area contributed by atoms with E-state index >= 15 is 0 Å². The van der Waals surface area contributed by atoms with Crippen molar-refractivity contribution in [3.8, 4) is 0 Å². The average molecular weight is 377 g/mol. The Labute approximate surface area is 148 Å². The van der Waals surface area contributed by atoms with Crippen LogP contribution in [0.3, 0.4) is 0 Å². The topological polar surface area (TPSA) is 101 Å². The lowest BCUT2D eigenvalue weighted by molar-refractivity contribution is 0.0697. The second-order valence-electron chi connectivity index (χ2n) is 5.32. The van der Waals surface area contributed by atoms with Crippen LogP contribution in [0.15, 0.2) is 58.4 Å². The second-order valence-corrected chi connectivity index (χ2v) is 8.17. The quantitative estimate of drug-likeness (QED) is 0.686. The molecule has 0 aliphatic rings. The predicted octanol–water partition coefficient (Wildman–Crippen LogP) is 2.25. The molecule has 0 fully saturated rings. The predicted molar refractivity (Wildman–Crippen MR) is 93.1 cm³/mol. The highest BCUT2D eigenvalue weighted by atomic mass is 32.2. The highest BCUT2D eigenvalue weighted by Crippen LogP contribution is 2.26. The molecule has 7 nitrogen and oxygen atoms in total. The molecule has 0 radical (unpaired) electrons. The molecule has 0 saturated carbocycles. The van der Waals surface area contributed by atoms with E-state index < -0.39 is 22.0 Å². The van der Waals surface area contributed by atoms with Crippen LogP contribution in [-0.2, 0) is 17.1 Å². The van der Waals surface area contributed by atoms with Crippen molar-refractivity contribution in [1.82, 2.24) is 14.3 Å². The standard InChI is InChI=1S/C16H15N3O4S2/c1-19-8-7-17-15(19)14(11-5-3-2-4-6-11)18-25(22,23)13-9-12(10-24-13)16(20)21/h2-10,14,18H,1H3,(H,20,21)/t14-/m0/s1. The van der Waals surface area contributed by atoms with Crippen LogP contribution >= 0.6 is 11.3 Å². The summed E-state index contributed by atoms with van der Waals surface area (Å²) in [7, 11) is -2.13. The summed E-state index contributed by atoms with van der Waals surface area (Å²) >= 11 is 0.865. The molecule has 0 bridgehead atoms. The lowest BCUT2D eigenvalue weighted by atomic mass is 10.1. The van der Waals surface area contributed by atoms with Crippen molar-refractivity contribution in [3.63, 3.8) is 0 Å². The highest BCUT2D eigenvalue weighted by Gasteiger charge is 2.27. The Morgan fingerprint density at radius 1 is 1.32 bits per heavy atom. The highest BCUT2D eigenvalue weighted by molar-refractivity contribution is 7.91. The first-order valence-electron chi connectivity index (χ1n) is 7.25. The maximum Gasteiger partial charge on any atom is 0.336 e. The van der Waals surface area contributed by atoms with Gasteiger partial charge in [0, 0.05) is 24.8 Å². The van der Waals surface area contributed by atoms with E-state index in [1.807, 2.05) is 18.2 Å². The Bertz CT molecular complexity index is 993. The lowest BCUT2D eigenvalue weighted by Gasteiger charge is -2.18. The first-order valence-corrected chi connectivity index (χ1v) is 9.61. The van der Waals surface area contributed by atoms with Crippen LogP contribution in [0, 0.1) is 0 Å². The largest absolute Gasteiger partial charge is 0.478 e. The molecule has 3 aromatic rings. The maximum absolute atomic E-state index is 12.7. The van der Waals surface area contributed by atoms with Gasteiger partial charge in [0.2, 0.25) is 0 Å². The normalized spacial score (nSPS) is 12.8. The van der Waals surface area contributed by atoms with E-state index in [0.717, 1.165) is 23.0 Å². The van der Waals surface area contributed by atoms with Crippen LogP contribution in [0.5, 0.6) is 0 Å². The summed E-state index contributed by atoms with van der Waals surface area (Å²) < 4.78 is 29.8. The summed E-state index contributed by atoms with van der Waals surface area (Å²) in [4.78, 5) is 15.2. The molecule has 2 heterocycles. The number of sulfonamides is 1. The third-order valence-corrected chi connectivity index (χ3v) is 6.47. The number of thiophene rings is 1. The second kappa shape index (κ2) is 6.79. The van der Waals surface area contributed by atoms with E-state index in [1.54, 1.807) is 36.1 Å². The van der Waals surface area contributed by atoms with Gasteiger partial charge in [-0.25, -0.2) is 18.2 Å². The minimum atomic E-state index is -3.91. The minimum absolute atomic E-state index is 0.0555. The molecule has 2 aromatic heterocycles. The smallest absolute Gasteiger partial charge is 0.336 e. The number of imidazole rings is 1. The molecule has 0 saturated heterocycles. The average Bonchev–Trinajstić information content (AvgIpc) is 3.23. The molecule has 1 aromatic carbocycles. The molecule has 130 valence electrons. The molecular weight excluding hydrogens is 362 g/mol. The number of carboxylic acids is 1. The summed E-state index contributed by atoms with van der Waals surface area (Å²) in [5, 5.41) is 10.3. The zero-order valence-corrected chi connectivity index (χ0v) is 14.8. The Hall–Kier alpha value is -2.49. The van der Waals surface area contributed by atoms with Gasteiger partial charge in [-0.1, -0.05) is 30.3 Å². The number of hydrogen-bond donors (Lipinski definition) is 2. The van der Waals surface area contributed by atoms with E-state index in [2.05, 4.69) is 9.71 Å². The zero-order chi connectivity index (χ0) is 18.0. The van der Waals surface area contributed by atoms with E-state index in [4.69, 9.17) is 5.11 Å². The monoisotopic (exact) mass is 377 g/mol. The third-order valence-electron chi connectivity index (χ3n) is 3.61. The fraction of sp³-hybridized carbons (Fsp3) is 0.125. The summed E-state index contributed by atoms with van der Waals surface area (Å²) in [5.41, 5.74) is 0.675. The van der Waals surface area contributed by atoms with Crippen LogP contribution in [0.1, 0.15) is 27.8 Å². The first kappa shape index (κ1) is 17.3. The van der Waals surface area contributed by atoms with E-state index in [0.29, 0.717) is 5.82 Å². The van der Waals surface area contributed by atoms with Crippen LogP contribution in [-0.4, -0.2) is 29.0 Å². The van der Waals surface area contributed by atoms with Crippen molar-refractivity contribution >= 4 is 27.3 Å². The van der Waals surface area contributed by atoms with Gasteiger partial charge in [0.15, 0.2) is 0 Å². The van der Waals surface area contributed by atoms with Crippen LogP contribution < -0.4 is 4.72 Å². The summed E-state index contributed by atoms with van der Waals surface area (Å²) in [6.45, 7) is 0. The fourth-order valence-electron chi connectivity index (χ4n) is 2.35. The molecule has 0 spiro atoms. The maximum atomic E-state index is 12.7. The minimum Gasteiger partial charge on any atom is -0.478 e. The van der Waals surface area contributed by atoms with Gasteiger partial charge < -0.3 is 9.67 Å². The molecule has 25 heavy (non-hydrogen) atoms. The Morgan fingerprint density at radius 3 is 2.60 bits per heavy atom. The SMILES string of the molecule is Cn1ccnc1[C@@H](NS(=O)(=O)c1cc(C(=O)O)cs1)c1ccccc1. The molecular formula is C16H15N3O4S2. The number of carbonyl (C=O) groups is 1. The molecule has 0 unspecified atom stereocenters. The number of rotatable bonds is 6. The zero-order valence-electron chi connectivity index (χ0n) is 13.2. The third kappa shape index (κ3) is 3.63. The van der Waals surface area contributed by atoms with Gasteiger partial charge in [-0.05, 0) is 11.6 Å².